The van der Waals surface area contributed by atoms with Gasteiger partial charge >= 0.3 is 0 Å². The summed E-state index contributed by atoms with van der Waals surface area (Å²) in [6, 6.07) is 5.95. The number of hydrogen-bond donors (Lipinski definition) is 2. The molecule has 0 aromatic heterocycles. The Labute approximate surface area is 83.6 Å². The topological polar surface area (TPSA) is 46.2 Å². The quantitative estimate of drug-likeness (QED) is 0.709. The van der Waals surface area contributed by atoms with Gasteiger partial charge in [0.05, 0.1) is 6.10 Å². The molecule has 0 saturated carbocycles. The normalized spacial score (nSPS) is 12.8. The molecule has 3 heteroatoms. The zero-order valence-electron chi connectivity index (χ0n) is 8.12. The lowest BCUT2D eigenvalue weighted by Crippen LogP contribution is -2.01. The van der Waals surface area contributed by atoms with Crippen LogP contribution in [-0.4, -0.2) is 11.7 Å². The largest absolute Gasteiger partial charge is 0.388 e. The smallest absolute Gasteiger partial charge is 0.123 e. The van der Waals surface area contributed by atoms with Crippen LogP contribution in [0.1, 0.15) is 30.9 Å². The summed E-state index contributed by atoms with van der Waals surface area (Å²) in [5.41, 5.74) is 6.11. The van der Waals surface area contributed by atoms with E-state index in [2.05, 4.69) is 0 Å². The third-order valence-corrected chi connectivity index (χ3v) is 2.19. The van der Waals surface area contributed by atoms with Crippen LogP contribution in [0, 0.1) is 5.82 Å². The van der Waals surface area contributed by atoms with Gasteiger partial charge in [-0.15, -0.1) is 0 Å². The van der Waals surface area contributed by atoms with Crippen LogP contribution < -0.4 is 5.73 Å². The molecule has 0 saturated heterocycles. The van der Waals surface area contributed by atoms with E-state index in [1.165, 1.54) is 12.1 Å². The zero-order valence-corrected chi connectivity index (χ0v) is 8.12. The van der Waals surface area contributed by atoms with Gasteiger partial charge in [0.1, 0.15) is 5.82 Å². The third-order valence-electron chi connectivity index (χ3n) is 2.19. The summed E-state index contributed by atoms with van der Waals surface area (Å²) in [6.07, 6.45) is 2.00. The first-order chi connectivity index (χ1) is 6.74. The molecule has 0 aliphatic carbocycles. The number of benzene rings is 1. The molecule has 1 unspecified atom stereocenters. The summed E-state index contributed by atoms with van der Waals surface area (Å²) in [5.74, 6) is -0.275. The van der Waals surface area contributed by atoms with E-state index in [1.807, 2.05) is 0 Å². The molecule has 1 aromatic carbocycles. The first-order valence-corrected chi connectivity index (χ1v) is 4.87. The fraction of sp³-hybridized carbons (Fsp3) is 0.455. The van der Waals surface area contributed by atoms with Gasteiger partial charge in [0.2, 0.25) is 0 Å². The van der Waals surface area contributed by atoms with Crippen molar-refractivity contribution in [3.63, 3.8) is 0 Å². The van der Waals surface area contributed by atoms with Gasteiger partial charge in [-0.2, -0.15) is 0 Å². The number of rotatable bonds is 5. The van der Waals surface area contributed by atoms with Gasteiger partial charge in [-0.3, -0.25) is 0 Å². The minimum Gasteiger partial charge on any atom is -0.388 e. The molecule has 78 valence electrons. The van der Waals surface area contributed by atoms with E-state index in [9.17, 15) is 9.50 Å². The summed E-state index contributed by atoms with van der Waals surface area (Å²) in [4.78, 5) is 0. The van der Waals surface area contributed by atoms with Crippen LogP contribution in [0.5, 0.6) is 0 Å². The highest BCUT2D eigenvalue weighted by atomic mass is 19.1. The average Bonchev–Trinajstić information content (AvgIpc) is 2.19. The van der Waals surface area contributed by atoms with Crippen LogP contribution in [0.15, 0.2) is 24.3 Å². The second-order valence-corrected chi connectivity index (χ2v) is 3.35. The molecule has 14 heavy (non-hydrogen) atoms. The van der Waals surface area contributed by atoms with Crippen molar-refractivity contribution >= 4 is 0 Å². The Kier molecular flexibility index (Phi) is 4.56. The summed E-state index contributed by atoms with van der Waals surface area (Å²) >= 11 is 0. The molecule has 0 aliphatic heterocycles. The predicted octanol–water partition coefficient (Wildman–Crippen LogP) is 1.99. The molecule has 0 bridgehead atoms. The molecule has 1 rings (SSSR count). The van der Waals surface area contributed by atoms with E-state index < -0.39 is 6.10 Å². The molecular formula is C11H16FNO. The van der Waals surface area contributed by atoms with Gasteiger partial charge in [0.25, 0.3) is 0 Å². The summed E-state index contributed by atoms with van der Waals surface area (Å²) in [6.45, 7) is 0.649. The van der Waals surface area contributed by atoms with Crippen molar-refractivity contribution < 1.29 is 9.50 Å². The Morgan fingerprint density at radius 3 is 2.43 bits per heavy atom. The lowest BCUT2D eigenvalue weighted by Gasteiger charge is -2.09. The Balaban J connectivity index is 2.43. The number of aliphatic hydroxyl groups excluding tert-OH is 1. The second-order valence-electron chi connectivity index (χ2n) is 3.35. The van der Waals surface area contributed by atoms with E-state index in [1.54, 1.807) is 12.1 Å². The maximum Gasteiger partial charge on any atom is 0.123 e. The highest BCUT2D eigenvalue weighted by Gasteiger charge is 2.06. The van der Waals surface area contributed by atoms with Crippen molar-refractivity contribution in [1.82, 2.24) is 0 Å². The van der Waals surface area contributed by atoms with Crippen LogP contribution in [0.25, 0.3) is 0 Å². The van der Waals surface area contributed by atoms with Crippen molar-refractivity contribution in [2.75, 3.05) is 6.54 Å². The summed E-state index contributed by atoms with van der Waals surface area (Å²) < 4.78 is 12.6. The minimum absolute atomic E-state index is 0.275. The number of unbranched alkanes of at least 4 members (excludes halogenated alkanes) is 1. The molecule has 0 heterocycles. The lowest BCUT2D eigenvalue weighted by atomic mass is 10.0. The predicted molar refractivity (Wildman–Crippen MR) is 54.3 cm³/mol. The van der Waals surface area contributed by atoms with Gasteiger partial charge in [-0.25, -0.2) is 4.39 Å². The SMILES string of the molecule is NCCCCC(O)c1ccc(F)cc1. The average molecular weight is 197 g/mol. The van der Waals surface area contributed by atoms with E-state index in [4.69, 9.17) is 5.73 Å². The maximum absolute atomic E-state index is 12.6. The number of aliphatic hydroxyl groups is 1. The van der Waals surface area contributed by atoms with Gasteiger partial charge in [0, 0.05) is 0 Å². The zero-order chi connectivity index (χ0) is 10.4. The van der Waals surface area contributed by atoms with Crippen molar-refractivity contribution in [3.8, 4) is 0 Å². The molecule has 0 radical (unpaired) electrons. The standard InChI is InChI=1S/C11H16FNO/c12-10-6-4-9(5-7-10)11(14)3-1-2-8-13/h4-7,11,14H,1-3,8,13H2. The van der Waals surface area contributed by atoms with Gasteiger partial charge < -0.3 is 10.8 Å². The van der Waals surface area contributed by atoms with E-state index in [-0.39, 0.29) is 5.82 Å². The molecule has 0 fully saturated rings. The Bertz CT molecular complexity index is 260. The third kappa shape index (κ3) is 3.44. The van der Waals surface area contributed by atoms with Crippen LogP contribution in [-0.2, 0) is 0 Å². The molecule has 0 amide bonds. The Morgan fingerprint density at radius 1 is 1.21 bits per heavy atom. The Morgan fingerprint density at radius 2 is 1.86 bits per heavy atom. The fourth-order valence-corrected chi connectivity index (χ4v) is 1.33. The molecule has 1 atom stereocenters. The fourth-order valence-electron chi connectivity index (χ4n) is 1.33. The summed E-state index contributed by atoms with van der Waals surface area (Å²) in [5, 5.41) is 9.67. The van der Waals surface area contributed by atoms with Crippen molar-refractivity contribution in [3.05, 3.63) is 35.6 Å². The summed E-state index contributed by atoms with van der Waals surface area (Å²) in [7, 11) is 0. The highest BCUT2D eigenvalue weighted by molar-refractivity contribution is 5.18. The molecule has 0 aliphatic rings. The van der Waals surface area contributed by atoms with Crippen molar-refractivity contribution in [2.24, 2.45) is 5.73 Å². The van der Waals surface area contributed by atoms with Crippen molar-refractivity contribution in [1.29, 1.82) is 0 Å². The maximum atomic E-state index is 12.6. The first-order valence-electron chi connectivity index (χ1n) is 4.87. The lowest BCUT2D eigenvalue weighted by molar-refractivity contribution is 0.164. The van der Waals surface area contributed by atoms with Crippen LogP contribution in [0.3, 0.4) is 0 Å². The monoisotopic (exact) mass is 197 g/mol. The number of nitrogens with two attached hydrogens (primary N) is 1. The van der Waals surface area contributed by atoms with Crippen LogP contribution in [0.2, 0.25) is 0 Å². The van der Waals surface area contributed by atoms with E-state index in [0.717, 1.165) is 18.4 Å². The second kappa shape index (κ2) is 5.73. The number of halogens is 1. The van der Waals surface area contributed by atoms with E-state index in [0.29, 0.717) is 13.0 Å². The van der Waals surface area contributed by atoms with E-state index >= 15 is 0 Å². The van der Waals surface area contributed by atoms with Crippen LogP contribution >= 0.6 is 0 Å². The highest BCUT2D eigenvalue weighted by Crippen LogP contribution is 2.18. The minimum atomic E-state index is -0.498. The Hall–Kier alpha value is -0.930. The van der Waals surface area contributed by atoms with Crippen molar-refractivity contribution in [2.45, 2.75) is 25.4 Å². The molecule has 0 spiro atoms. The molecule has 3 N–H and O–H groups in total. The molecule has 2 nitrogen and oxygen atoms in total. The van der Waals surface area contributed by atoms with Gasteiger partial charge in [-0.05, 0) is 43.5 Å². The number of hydrogen-bond acceptors (Lipinski definition) is 2. The van der Waals surface area contributed by atoms with Gasteiger partial charge in [-0.1, -0.05) is 12.1 Å². The van der Waals surface area contributed by atoms with Gasteiger partial charge in [0.15, 0.2) is 0 Å². The molecule has 1 aromatic rings. The van der Waals surface area contributed by atoms with Crippen LogP contribution in [0.4, 0.5) is 4.39 Å². The molecular weight excluding hydrogens is 181 g/mol. The first kappa shape index (κ1) is 11.1.